The molecule has 11 heteroatoms. The van der Waals surface area contributed by atoms with Crippen molar-refractivity contribution in [3.63, 3.8) is 0 Å². The number of halogens is 1. The van der Waals surface area contributed by atoms with E-state index in [0.717, 1.165) is 28.6 Å². The normalized spacial score (nSPS) is 12.0. The number of hydrogen-bond acceptors (Lipinski definition) is 6. The third kappa shape index (κ3) is 8.20. The highest BCUT2D eigenvalue weighted by atomic mass is 32.2. The van der Waals surface area contributed by atoms with Crippen LogP contribution >= 0.6 is 0 Å². The minimum atomic E-state index is -4.32. The molecule has 3 rings (SSSR count). The average molecular weight is 586 g/mol. The number of rotatable bonds is 13. The number of sulfonamides is 1. The molecule has 0 aliphatic rings. The molecular weight excluding hydrogens is 549 g/mol. The zero-order chi connectivity index (χ0) is 30.2. The largest absolute Gasteiger partial charge is 0.497 e. The number of hydrogen-bond donors (Lipinski definition) is 1. The Labute approximate surface area is 240 Å². The summed E-state index contributed by atoms with van der Waals surface area (Å²) in [7, 11) is -2.79. The molecule has 2 amide bonds. The summed E-state index contributed by atoms with van der Waals surface area (Å²) in [6.45, 7) is 6.86. The van der Waals surface area contributed by atoms with Gasteiger partial charge in [0.05, 0.1) is 24.3 Å². The van der Waals surface area contributed by atoms with Crippen molar-refractivity contribution >= 4 is 27.5 Å². The third-order valence-electron chi connectivity index (χ3n) is 6.20. The molecule has 0 aliphatic heterocycles. The summed E-state index contributed by atoms with van der Waals surface area (Å²) in [6.07, 6.45) is 0. The van der Waals surface area contributed by atoms with E-state index in [2.05, 4.69) is 5.32 Å². The van der Waals surface area contributed by atoms with Crippen LogP contribution in [0.25, 0.3) is 0 Å². The van der Waals surface area contributed by atoms with Crippen LogP contribution in [-0.2, 0) is 26.2 Å². The van der Waals surface area contributed by atoms with Crippen LogP contribution in [0.3, 0.4) is 0 Å². The molecule has 0 aliphatic carbocycles. The van der Waals surface area contributed by atoms with E-state index in [0.29, 0.717) is 23.7 Å². The summed E-state index contributed by atoms with van der Waals surface area (Å²) in [5.74, 6) is -0.490. The number of methoxy groups -OCH3 is 1. The van der Waals surface area contributed by atoms with E-state index >= 15 is 0 Å². The first-order chi connectivity index (χ1) is 19.5. The Bertz CT molecular complexity index is 1430. The Balaban J connectivity index is 2.04. The van der Waals surface area contributed by atoms with Crippen LogP contribution in [-0.4, -0.2) is 57.5 Å². The fraction of sp³-hybridized carbons (Fsp3) is 0.333. The van der Waals surface area contributed by atoms with Crippen molar-refractivity contribution in [1.82, 2.24) is 10.2 Å². The Morgan fingerprint density at radius 3 is 2.20 bits per heavy atom. The summed E-state index contributed by atoms with van der Waals surface area (Å²) in [4.78, 5) is 28.1. The molecule has 41 heavy (non-hydrogen) atoms. The SMILES string of the molecule is CCOc1ccc(N(CC(=O)N(Cc2cccc(OC)c2)[C@H](C)C(=O)NC(C)C)S(=O)(=O)c2ccc(F)cc2)cc1. The molecule has 0 unspecified atom stereocenters. The summed E-state index contributed by atoms with van der Waals surface area (Å²) in [6, 6.07) is 16.6. The van der Waals surface area contributed by atoms with Gasteiger partial charge in [-0.25, -0.2) is 12.8 Å². The number of nitrogens with one attached hydrogen (secondary N) is 1. The Kier molecular flexibility index (Phi) is 10.7. The number of nitrogens with zero attached hydrogens (tertiary/aromatic N) is 2. The minimum absolute atomic E-state index is 0.0242. The second-order valence-corrected chi connectivity index (χ2v) is 11.5. The van der Waals surface area contributed by atoms with E-state index in [1.807, 2.05) is 20.8 Å². The zero-order valence-electron chi connectivity index (χ0n) is 23.8. The molecule has 0 aromatic heterocycles. The molecule has 0 radical (unpaired) electrons. The van der Waals surface area contributed by atoms with E-state index in [4.69, 9.17) is 9.47 Å². The maximum Gasteiger partial charge on any atom is 0.264 e. The quantitative estimate of drug-likeness (QED) is 0.320. The van der Waals surface area contributed by atoms with Crippen molar-refractivity contribution in [3.05, 3.63) is 84.2 Å². The van der Waals surface area contributed by atoms with E-state index < -0.39 is 34.3 Å². The first-order valence-corrected chi connectivity index (χ1v) is 14.6. The maximum absolute atomic E-state index is 13.9. The van der Waals surface area contributed by atoms with Gasteiger partial charge in [0.2, 0.25) is 11.8 Å². The van der Waals surface area contributed by atoms with Gasteiger partial charge in [0.1, 0.15) is 29.9 Å². The number of anilines is 1. The molecule has 3 aromatic carbocycles. The van der Waals surface area contributed by atoms with Crippen molar-refractivity contribution in [1.29, 1.82) is 0 Å². The molecule has 1 atom stereocenters. The lowest BCUT2D eigenvalue weighted by atomic mass is 10.1. The number of amides is 2. The molecule has 220 valence electrons. The van der Waals surface area contributed by atoms with Gasteiger partial charge in [0.25, 0.3) is 10.0 Å². The van der Waals surface area contributed by atoms with E-state index in [-0.39, 0.29) is 29.1 Å². The van der Waals surface area contributed by atoms with Gasteiger partial charge in [-0.2, -0.15) is 0 Å². The standard InChI is InChI=1S/C30H36FN3O6S/c1-6-40-26-14-12-25(13-15-26)34(41(37,38)28-16-10-24(31)11-17-28)20-29(35)33(22(4)30(36)32-21(2)3)19-23-8-7-9-27(18-23)39-5/h7-18,21-22H,6,19-20H2,1-5H3,(H,32,36)/t22-/m1/s1. The summed E-state index contributed by atoms with van der Waals surface area (Å²) < 4.78 is 53.0. The van der Waals surface area contributed by atoms with Crippen molar-refractivity contribution in [3.8, 4) is 11.5 Å². The second kappa shape index (κ2) is 14.0. The van der Waals surface area contributed by atoms with Crippen LogP contribution in [0.1, 0.15) is 33.3 Å². The summed E-state index contributed by atoms with van der Waals surface area (Å²) in [5.41, 5.74) is 0.891. The molecule has 0 fully saturated rings. The van der Waals surface area contributed by atoms with Crippen molar-refractivity contribution in [2.45, 2.75) is 51.2 Å². The van der Waals surface area contributed by atoms with E-state index in [9.17, 15) is 22.4 Å². The van der Waals surface area contributed by atoms with E-state index in [1.54, 1.807) is 43.3 Å². The van der Waals surface area contributed by atoms with Gasteiger partial charge in [-0.05, 0) is 93.9 Å². The van der Waals surface area contributed by atoms with Gasteiger partial charge in [-0.3, -0.25) is 13.9 Å². The predicted octanol–water partition coefficient (Wildman–Crippen LogP) is 4.37. The predicted molar refractivity (Wildman–Crippen MR) is 155 cm³/mol. The van der Waals surface area contributed by atoms with Crippen molar-refractivity contribution < 1.29 is 31.9 Å². The topological polar surface area (TPSA) is 105 Å². The monoisotopic (exact) mass is 585 g/mol. The molecule has 0 saturated carbocycles. The van der Waals surface area contributed by atoms with Gasteiger partial charge in [0.15, 0.2) is 0 Å². The molecule has 0 spiro atoms. The molecule has 0 saturated heterocycles. The molecule has 3 aromatic rings. The third-order valence-corrected chi connectivity index (χ3v) is 7.99. The second-order valence-electron chi connectivity index (χ2n) is 9.60. The van der Waals surface area contributed by atoms with Gasteiger partial charge in [0, 0.05) is 12.6 Å². The van der Waals surface area contributed by atoms with Crippen LogP contribution < -0.4 is 19.1 Å². The Hall–Kier alpha value is -4.12. The lowest BCUT2D eigenvalue weighted by Gasteiger charge is -2.32. The fourth-order valence-electron chi connectivity index (χ4n) is 4.09. The van der Waals surface area contributed by atoms with Crippen LogP contribution in [0, 0.1) is 5.82 Å². The van der Waals surface area contributed by atoms with Crippen molar-refractivity contribution in [2.75, 3.05) is 24.6 Å². The summed E-state index contributed by atoms with van der Waals surface area (Å²) in [5, 5.41) is 2.81. The smallest absolute Gasteiger partial charge is 0.264 e. The zero-order valence-corrected chi connectivity index (χ0v) is 24.7. The van der Waals surface area contributed by atoms with Gasteiger partial charge in [-0.1, -0.05) is 12.1 Å². The van der Waals surface area contributed by atoms with Gasteiger partial charge < -0.3 is 19.7 Å². The molecular formula is C30H36FN3O6S. The number of ether oxygens (including phenoxy) is 2. The van der Waals surface area contributed by atoms with Crippen LogP contribution in [0.5, 0.6) is 11.5 Å². The lowest BCUT2D eigenvalue weighted by molar-refractivity contribution is -0.139. The highest BCUT2D eigenvalue weighted by Crippen LogP contribution is 2.27. The number of carbonyl (C=O) groups excluding carboxylic acids is 2. The highest BCUT2D eigenvalue weighted by Gasteiger charge is 2.32. The van der Waals surface area contributed by atoms with Crippen molar-refractivity contribution in [2.24, 2.45) is 0 Å². The molecule has 1 N–H and O–H groups in total. The van der Waals surface area contributed by atoms with Crippen LogP contribution in [0.15, 0.2) is 77.7 Å². The van der Waals surface area contributed by atoms with Crippen LogP contribution in [0.2, 0.25) is 0 Å². The molecule has 0 bridgehead atoms. The highest BCUT2D eigenvalue weighted by molar-refractivity contribution is 7.92. The first kappa shape index (κ1) is 31.4. The van der Waals surface area contributed by atoms with Gasteiger partial charge in [-0.15, -0.1) is 0 Å². The lowest BCUT2D eigenvalue weighted by Crippen LogP contribution is -2.52. The Morgan fingerprint density at radius 2 is 1.61 bits per heavy atom. The summed E-state index contributed by atoms with van der Waals surface area (Å²) >= 11 is 0. The van der Waals surface area contributed by atoms with E-state index in [1.165, 1.54) is 24.1 Å². The molecule has 9 nitrogen and oxygen atoms in total. The molecule has 0 heterocycles. The van der Waals surface area contributed by atoms with Crippen LogP contribution in [0.4, 0.5) is 10.1 Å². The minimum Gasteiger partial charge on any atom is -0.497 e. The maximum atomic E-state index is 13.9. The first-order valence-electron chi connectivity index (χ1n) is 13.2. The van der Waals surface area contributed by atoms with Gasteiger partial charge >= 0.3 is 0 Å². The number of carbonyl (C=O) groups is 2. The average Bonchev–Trinajstić information content (AvgIpc) is 2.94. The number of benzene rings is 3. The Morgan fingerprint density at radius 1 is 0.951 bits per heavy atom. The fourth-order valence-corrected chi connectivity index (χ4v) is 5.51.